The number of amides is 1. The van der Waals surface area contributed by atoms with E-state index in [-0.39, 0.29) is 12.0 Å². The van der Waals surface area contributed by atoms with Gasteiger partial charge in [-0.15, -0.1) is 0 Å². The van der Waals surface area contributed by atoms with Crippen LogP contribution >= 0.6 is 0 Å². The van der Waals surface area contributed by atoms with E-state index in [2.05, 4.69) is 0 Å². The first-order valence-electron chi connectivity index (χ1n) is 7.38. The first kappa shape index (κ1) is 13.4. The summed E-state index contributed by atoms with van der Waals surface area (Å²) < 4.78 is 11.2. The quantitative estimate of drug-likeness (QED) is 0.844. The van der Waals surface area contributed by atoms with Gasteiger partial charge in [-0.1, -0.05) is 18.2 Å². The lowest BCUT2D eigenvalue weighted by Crippen LogP contribution is -2.56. The maximum absolute atomic E-state index is 12.1. The maximum Gasteiger partial charge on any atom is 0.223 e. The molecular formula is C16H21NO3. The lowest BCUT2D eigenvalue weighted by atomic mass is 9.97. The molecule has 1 amide bonds. The summed E-state index contributed by atoms with van der Waals surface area (Å²) in [5.74, 6) is 1.53. The summed E-state index contributed by atoms with van der Waals surface area (Å²) in [5, 5.41) is 0. The lowest BCUT2D eigenvalue weighted by Gasteiger charge is -2.39. The van der Waals surface area contributed by atoms with Gasteiger partial charge in [0.25, 0.3) is 0 Å². The van der Waals surface area contributed by atoms with Gasteiger partial charge in [0.2, 0.25) is 5.91 Å². The molecule has 0 spiro atoms. The third-order valence-corrected chi connectivity index (χ3v) is 3.96. The van der Waals surface area contributed by atoms with Crippen molar-refractivity contribution in [3.8, 4) is 5.75 Å². The Bertz CT molecular complexity index is 436. The van der Waals surface area contributed by atoms with Crippen LogP contribution in [0.2, 0.25) is 0 Å². The highest BCUT2D eigenvalue weighted by Gasteiger charge is 2.33. The molecule has 20 heavy (non-hydrogen) atoms. The van der Waals surface area contributed by atoms with Crippen LogP contribution in [0.4, 0.5) is 0 Å². The van der Waals surface area contributed by atoms with E-state index in [4.69, 9.17) is 9.47 Å². The normalized spacial score (nSPS) is 23.2. The molecule has 1 aromatic rings. The number of para-hydroxylation sites is 1. The van der Waals surface area contributed by atoms with Gasteiger partial charge in [0.05, 0.1) is 13.1 Å². The molecule has 0 aromatic heterocycles. The number of hydrogen-bond acceptors (Lipinski definition) is 3. The molecule has 0 aliphatic carbocycles. The van der Waals surface area contributed by atoms with Gasteiger partial charge in [-0.05, 0) is 30.9 Å². The van der Waals surface area contributed by atoms with E-state index in [1.807, 2.05) is 35.2 Å². The Morgan fingerprint density at radius 3 is 2.80 bits per heavy atom. The van der Waals surface area contributed by atoms with Crippen LogP contribution in [0.5, 0.6) is 5.75 Å². The first-order valence-corrected chi connectivity index (χ1v) is 7.38. The van der Waals surface area contributed by atoms with Gasteiger partial charge in [0, 0.05) is 19.6 Å². The molecule has 4 nitrogen and oxygen atoms in total. The van der Waals surface area contributed by atoms with Crippen molar-refractivity contribution in [3.05, 3.63) is 30.3 Å². The van der Waals surface area contributed by atoms with Gasteiger partial charge in [0.15, 0.2) is 0 Å². The zero-order valence-electron chi connectivity index (χ0n) is 11.7. The van der Waals surface area contributed by atoms with Crippen molar-refractivity contribution in [1.82, 2.24) is 4.90 Å². The molecule has 4 heteroatoms. The van der Waals surface area contributed by atoms with Crippen molar-refractivity contribution in [1.29, 1.82) is 0 Å². The Kier molecular flexibility index (Phi) is 4.21. The van der Waals surface area contributed by atoms with E-state index in [0.717, 1.165) is 31.8 Å². The molecule has 2 aliphatic rings. The fourth-order valence-electron chi connectivity index (χ4n) is 2.75. The second-order valence-electron chi connectivity index (χ2n) is 5.64. The Hall–Kier alpha value is -1.55. The Morgan fingerprint density at radius 2 is 2.10 bits per heavy atom. The summed E-state index contributed by atoms with van der Waals surface area (Å²) in [6, 6.07) is 9.78. The maximum atomic E-state index is 12.1. The molecule has 108 valence electrons. The van der Waals surface area contributed by atoms with Crippen molar-refractivity contribution in [2.24, 2.45) is 5.92 Å². The molecule has 3 rings (SSSR count). The second-order valence-corrected chi connectivity index (χ2v) is 5.64. The number of carbonyl (C=O) groups excluding carboxylic acids is 1. The molecule has 1 aromatic carbocycles. The van der Waals surface area contributed by atoms with Crippen LogP contribution in [0.15, 0.2) is 30.3 Å². The summed E-state index contributed by atoms with van der Waals surface area (Å²) in [4.78, 5) is 14.0. The standard InChI is InChI=1S/C16H21NO3/c18-16(9-13-5-4-8-19-12-13)17-10-15(11-17)20-14-6-2-1-3-7-14/h1-3,6-7,13,15H,4-5,8-12H2/t13-/m0/s1. The predicted molar refractivity (Wildman–Crippen MR) is 75.6 cm³/mol. The number of nitrogens with zero attached hydrogens (tertiary/aromatic N) is 1. The summed E-state index contributed by atoms with van der Waals surface area (Å²) in [7, 11) is 0. The highest BCUT2D eigenvalue weighted by Crippen LogP contribution is 2.22. The zero-order chi connectivity index (χ0) is 13.8. The van der Waals surface area contributed by atoms with Gasteiger partial charge in [-0.25, -0.2) is 0 Å². The van der Waals surface area contributed by atoms with Crippen LogP contribution in [0, 0.1) is 5.92 Å². The average Bonchev–Trinajstić information content (AvgIpc) is 2.44. The number of rotatable bonds is 4. The molecule has 0 saturated carbocycles. The topological polar surface area (TPSA) is 38.8 Å². The van der Waals surface area contributed by atoms with Crippen LogP contribution in [-0.2, 0) is 9.53 Å². The zero-order valence-corrected chi connectivity index (χ0v) is 11.7. The van der Waals surface area contributed by atoms with Crippen LogP contribution in [0.1, 0.15) is 19.3 Å². The first-order chi connectivity index (χ1) is 9.81. The summed E-state index contributed by atoms with van der Waals surface area (Å²) >= 11 is 0. The van der Waals surface area contributed by atoms with Crippen molar-refractivity contribution in [2.75, 3.05) is 26.3 Å². The van der Waals surface area contributed by atoms with E-state index < -0.39 is 0 Å². The molecule has 1 atom stereocenters. The van der Waals surface area contributed by atoms with E-state index in [9.17, 15) is 4.79 Å². The fraction of sp³-hybridized carbons (Fsp3) is 0.562. The SMILES string of the molecule is O=C(C[C@@H]1CCCOC1)N1CC(Oc2ccccc2)C1. The van der Waals surface area contributed by atoms with Crippen molar-refractivity contribution < 1.29 is 14.3 Å². The van der Waals surface area contributed by atoms with Crippen LogP contribution < -0.4 is 4.74 Å². The van der Waals surface area contributed by atoms with Gasteiger partial charge >= 0.3 is 0 Å². The molecule has 2 saturated heterocycles. The molecule has 2 heterocycles. The number of ether oxygens (including phenoxy) is 2. The van der Waals surface area contributed by atoms with E-state index in [1.165, 1.54) is 0 Å². The van der Waals surface area contributed by atoms with Crippen molar-refractivity contribution >= 4 is 5.91 Å². The highest BCUT2D eigenvalue weighted by molar-refractivity contribution is 5.77. The molecular weight excluding hydrogens is 254 g/mol. The smallest absolute Gasteiger partial charge is 0.223 e. The largest absolute Gasteiger partial charge is 0.487 e. The molecule has 0 N–H and O–H groups in total. The monoisotopic (exact) mass is 275 g/mol. The minimum absolute atomic E-state index is 0.143. The number of hydrogen-bond donors (Lipinski definition) is 0. The van der Waals surface area contributed by atoms with Crippen molar-refractivity contribution in [3.63, 3.8) is 0 Å². The molecule has 0 unspecified atom stereocenters. The molecule has 2 fully saturated rings. The van der Waals surface area contributed by atoms with E-state index in [0.29, 0.717) is 25.4 Å². The summed E-state index contributed by atoms with van der Waals surface area (Å²) in [6.45, 7) is 3.01. The third-order valence-electron chi connectivity index (χ3n) is 3.96. The second kappa shape index (κ2) is 6.27. The number of likely N-dealkylation sites (tertiary alicyclic amines) is 1. The van der Waals surface area contributed by atoms with E-state index >= 15 is 0 Å². The number of benzene rings is 1. The summed E-state index contributed by atoms with van der Waals surface area (Å²) in [6.07, 6.45) is 2.96. The molecule has 0 bridgehead atoms. The number of carbonyl (C=O) groups is 1. The highest BCUT2D eigenvalue weighted by atomic mass is 16.5. The predicted octanol–water partition coefficient (Wildman–Crippen LogP) is 2.09. The average molecular weight is 275 g/mol. The van der Waals surface area contributed by atoms with Crippen LogP contribution in [-0.4, -0.2) is 43.2 Å². The minimum atomic E-state index is 0.143. The van der Waals surface area contributed by atoms with Gasteiger partial charge in [-0.2, -0.15) is 0 Å². The Balaban J connectivity index is 1.40. The Morgan fingerprint density at radius 1 is 1.30 bits per heavy atom. The third kappa shape index (κ3) is 3.31. The summed E-state index contributed by atoms with van der Waals surface area (Å²) in [5.41, 5.74) is 0. The molecule has 2 aliphatic heterocycles. The van der Waals surface area contributed by atoms with Gasteiger partial charge < -0.3 is 14.4 Å². The van der Waals surface area contributed by atoms with Gasteiger partial charge in [0.1, 0.15) is 11.9 Å². The Labute approximate surface area is 119 Å². The molecule has 0 radical (unpaired) electrons. The van der Waals surface area contributed by atoms with Crippen LogP contribution in [0.3, 0.4) is 0 Å². The van der Waals surface area contributed by atoms with Crippen LogP contribution in [0.25, 0.3) is 0 Å². The minimum Gasteiger partial charge on any atom is -0.487 e. The van der Waals surface area contributed by atoms with Gasteiger partial charge in [-0.3, -0.25) is 4.79 Å². The lowest BCUT2D eigenvalue weighted by molar-refractivity contribution is -0.142. The fourth-order valence-corrected chi connectivity index (χ4v) is 2.75. The van der Waals surface area contributed by atoms with Crippen molar-refractivity contribution in [2.45, 2.75) is 25.4 Å². The van der Waals surface area contributed by atoms with E-state index in [1.54, 1.807) is 0 Å².